The molecule has 1 unspecified atom stereocenters. The Morgan fingerprint density at radius 3 is 1.77 bits per heavy atom. The molecule has 0 rings (SSSR count). The van der Waals surface area contributed by atoms with Crippen molar-refractivity contribution in [2.75, 3.05) is 13.2 Å². The molecule has 30 heavy (non-hydrogen) atoms. The van der Waals surface area contributed by atoms with E-state index in [4.69, 9.17) is 14.2 Å². The molecule has 0 radical (unpaired) electrons. The minimum absolute atomic E-state index is 0.0834. The van der Waals surface area contributed by atoms with Gasteiger partial charge < -0.3 is 14.2 Å². The third-order valence-corrected chi connectivity index (χ3v) is 4.55. The van der Waals surface area contributed by atoms with Gasteiger partial charge in [0.15, 0.2) is 6.10 Å². The molecule has 0 aromatic heterocycles. The second kappa shape index (κ2) is 20.4. The van der Waals surface area contributed by atoms with Gasteiger partial charge in [-0.15, -0.1) is 0 Å². The molecule has 0 aromatic carbocycles. The Morgan fingerprint density at radius 2 is 1.20 bits per heavy atom. The number of unbranched alkanes of at least 4 members (excludes halogenated alkanes) is 7. The van der Waals surface area contributed by atoms with Crippen LogP contribution in [0.15, 0.2) is 12.2 Å². The van der Waals surface area contributed by atoms with E-state index in [1.807, 2.05) is 20.8 Å². The van der Waals surface area contributed by atoms with Gasteiger partial charge in [-0.25, -0.2) is 0 Å². The van der Waals surface area contributed by atoms with Crippen molar-refractivity contribution in [2.24, 2.45) is 0 Å². The Morgan fingerprint density at radius 1 is 0.700 bits per heavy atom. The van der Waals surface area contributed by atoms with E-state index in [9.17, 15) is 14.4 Å². The summed E-state index contributed by atoms with van der Waals surface area (Å²) in [5, 5.41) is 0. The highest BCUT2D eigenvalue weighted by Gasteiger charge is 2.19. The lowest BCUT2D eigenvalue weighted by molar-refractivity contribution is -0.166. The fraction of sp³-hybridized carbons (Fsp3) is 0.792. The molecule has 0 bridgehead atoms. The highest BCUT2D eigenvalue weighted by atomic mass is 16.6. The number of allylic oxidation sites excluding steroid dienone is 2. The predicted octanol–water partition coefficient (Wildman–Crippen LogP) is 5.67. The summed E-state index contributed by atoms with van der Waals surface area (Å²) in [6, 6.07) is 0. The first-order valence-corrected chi connectivity index (χ1v) is 11.6. The van der Waals surface area contributed by atoms with Crippen LogP contribution in [0.25, 0.3) is 0 Å². The molecule has 174 valence electrons. The van der Waals surface area contributed by atoms with Crippen molar-refractivity contribution in [1.82, 2.24) is 0 Å². The van der Waals surface area contributed by atoms with Crippen molar-refractivity contribution in [1.29, 1.82) is 0 Å². The zero-order valence-corrected chi connectivity index (χ0v) is 19.3. The van der Waals surface area contributed by atoms with Gasteiger partial charge >= 0.3 is 17.9 Å². The number of carbonyl (C=O) groups excluding carboxylic acids is 3. The summed E-state index contributed by atoms with van der Waals surface area (Å²) in [4.78, 5) is 35.2. The Hall–Kier alpha value is -1.85. The van der Waals surface area contributed by atoms with Crippen LogP contribution in [0.3, 0.4) is 0 Å². The third-order valence-electron chi connectivity index (χ3n) is 4.55. The smallest absolute Gasteiger partial charge is 0.306 e. The summed E-state index contributed by atoms with van der Waals surface area (Å²) >= 11 is 0. The quantitative estimate of drug-likeness (QED) is 0.115. The van der Waals surface area contributed by atoms with E-state index < -0.39 is 6.10 Å². The van der Waals surface area contributed by atoms with Gasteiger partial charge in [-0.2, -0.15) is 0 Å². The molecule has 0 fully saturated rings. The second-order valence-electron chi connectivity index (χ2n) is 7.56. The maximum absolute atomic E-state index is 12.0. The Labute approximate surface area is 182 Å². The number of ether oxygens (including phenoxy) is 3. The lowest BCUT2D eigenvalue weighted by atomic mass is 10.1. The van der Waals surface area contributed by atoms with Crippen molar-refractivity contribution < 1.29 is 28.6 Å². The number of esters is 3. The Bertz CT molecular complexity index is 486. The number of hydrogen-bond acceptors (Lipinski definition) is 6. The maximum Gasteiger partial charge on any atom is 0.306 e. The van der Waals surface area contributed by atoms with Crippen molar-refractivity contribution >= 4 is 17.9 Å². The van der Waals surface area contributed by atoms with E-state index in [0.29, 0.717) is 25.7 Å². The van der Waals surface area contributed by atoms with Crippen molar-refractivity contribution in [3.63, 3.8) is 0 Å². The van der Waals surface area contributed by atoms with E-state index in [2.05, 4.69) is 12.2 Å². The zero-order chi connectivity index (χ0) is 22.5. The van der Waals surface area contributed by atoms with Crippen LogP contribution in [0.1, 0.15) is 104 Å². The molecule has 0 N–H and O–H groups in total. The molecular formula is C24H42O6. The van der Waals surface area contributed by atoms with Crippen molar-refractivity contribution in [3.05, 3.63) is 12.2 Å². The van der Waals surface area contributed by atoms with Crippen molar-refractivity contribution in [2.45, 2.75) is 110 Å². The first-order valence-electron chi connectivity index (χ1n) is 11.6. The fourth-order valence-corrected chi connectivity index (χ4v) is 2.87. The largest absolute Gasteiger partial charge is 0.462 e. The van der Waals surface area contributed by atoms with Crippen LogP contribution in [-0.4, -0.2) is 37.2 Å². The van der Waals surface area contributed by atoms with Gasteiger partial charge in [0, 0.05) is 19.3 Å². The monoisotopic (exact) mass is 426 g/mol. The van der Waals surface area contributed by atoms with Gasteiger partial charge in [0.05, 0.1) is 0 Å². The summed E-state index contributed by atoms with van der Waals surface area (Å²) in [5.41, 5.74) is 0. The summed E-state index contributed by atoms with van der Waals surface area (Å²) in [5.74, 6) is -1.03. The molecule has 6 nitrogen and oxygen atoms in total. The van der Waals surface area contributed by atoms with Gasteiger partial charge in [-0.3, -0.25) is 14.4 Å². The SMILES string of the molecule is C/C=C\CCCCCCCCCC(=O)OCC(COC(=O)CCC)OC(=O)CCC. The molecule has 0 saturated heterocycles. The molecule has 0 aliphatic rings. The van der Waals surface area contributed by atoms with Gasteiger partial charge in [-0.05, 0) is 39.0 Å². The van der Waals surface area contributed by atoms with Crippen LogP contribution in [-0.2, 0) is 28.6 Å². The van der Waals surface area contributed by atoms with E-state index in [1.54, 1.807) is 0 Å². The highest BCUT2D eigenvalue weighted by molar-refractivity contribution is 5.71. The minimum atomic E-state index is -0.753. The van der Waals surface area contributed by atoms with E-state index in [1.165, 1.54) is 25.7 Å². The maximum atomic E-state index is 12.0. The second-order valence-corrected chi connectivity index (χ2v) is 7.56. The molecule has 0 aliphatic carbocycles. The molecule has 0 aliphatic heterocycles. The zero-order valence-electron chi connectivity index (χ0n) is 19.3. The molecule has 0 saturated carbocycles. The fourth-order valence-electron chi connectivity index (χ4n) is 2.87. The van der Waals surface area contributed by atoms with Gasteiger partial charge in [0.1, 0.15) is 13.2 Å². The molecule has 0 aromatic rings. The summed E-state index contributed by atoms with van der Waals surface area (Å²) in [6.45, 7) is 5.64. The minimum Gasteiger partial charge on any atom is -0.462 e. The van der Waals surface area contributed by atoms with Crippen LogP contribution in [0.4, 0.5) is 0 Å². The van der Waals surface area contributed by atoms with Gasteiger partial charge in [0.25, 0.3) is 0 Å². The summed E-state index contributed by atoms with van der Waals surface area (Å²) < 4.78 is 15.6. The van der Waals surface area contributed by atoms with E-state index >= 15 is 0 Å². The van der Waals surface area contributed by atoms with Gasteiger partial charge in [-0.1, -0.05) is 58.1 Å². The first-order chi connectivity index (χ1) is 14.5. The normalized spacial score (nSPS) is 12.0. The van der Waals surface area contributed by atoms with Crippen LogP contribution in [0.5, 0.6) is 0 Å². The highest BCUT2D eigenvalue weighted by Crippen LogP contribution is 2.11. The molecule has 0 spiro atoms. The van der Waals surface area contributed by atoms with Crippen LogP contribution in [0.2, 0.25) is 0 Å². The van der Waals surface area contributed by atoms with Gasteiger partial charge in [0.2, 0.25) is 0 Å². The molecular weight excluding hydrogens is 384 g/mol. The molecule has 0 heterocycles. The predicted molar refractivity (Wildman–Crippen MR) is 118 cm³/mol. The lowest BCUT2D eigenvalue weighted by Crippen LogP contribution is -2.30. The van der Waals surface area contributed by atoms with E-state index in [0.717, 1.165) is 25.7 Å². The van der Waals surface area contributed by atoms with Crippen LogP contribution >= 0.6 is 0 Å². The average molecular weight is 427 g/mol. The summed E-state index contributed by atoms with van der Waals surface area (Å²) in [6.07, 6.45) is 14.9. The van der Waals surface area contributed by atoms with Crippen LogP contribution in [0, 0.1) is 0 Å². The van der Waals surface area contributed by atoms with Crippen LogP contribution < -0.4 is 0 Å². The lowest BCUT2D eigenvalue weighted by Gasteiger charge is -2.18. The van der Waals surface area contributed by atoms with Crippen molar-refractivity contribution in [3.8, 4) is 0 Å². The number of carbonyl (C=O) groups is 3. The average Bonchev–Trinajstić information content (AvgIpc) is 2.71. The molecule has 6 heteroatoms. The molecule has 0 amide bonds. The molecule has 1 atom stereocenters. The standard InChI is InChI=1S/C24H42O6/c1-4-7-8-9-10-11-12-13-14-15-18-23(26)29-20-21(30-24(27)17-6-3)19-28-22(25)16-5-2/h4,7,21H,5-6,8-20H2,1-3H3/b7-4-. The number of rotatable bonds is 19. The Balaban J connectivity index is 3.98. The summed E-state index contributed by atoms with van der Waals surface area (Å²) in [7, 11) is 0. The Kier molecular flexibility index (Phi) is 19.2. The number of hydrogen-bond donors (Lipinski definition) is 0. The first kappa shape index (κ1) is 28.1. The van der Waals surface area contributed by atoms with E-state index in [-0.39, 0.29) is 37.5 Å². The third kappa shape index (κ3) is 18.2. The topological polar surface area (TPSA) is 78.9 Å².